The third-order valence-corrected chi connectivity index (χ3v) is 2.02. The molecule has 0 aromatic heterocycles. The van der Waals surface area contributed by atoms with Crippen LogP contribution in [-0.4, -0.2) is 18.0 Å². The zero-order valence-electron chi connectivity index (χ0n) is 6.87. The number of benzene rings is 1. The molecule has 0 aliphatic carbocycles. The molecule has 13 heavy (non-hydrogen) atoms. The first-order valence-electron chi connectivity index (χ1n) is 4.00. The van der Waals surface area contributed by atoms with Gasteiger partial charge in [0.05, 0.1) is 18.9 Å². The third kappa shape index (κ3) is 1.47. The van der Waals surface area contributed by atoms with Crippen molar-refractivity contribution in [3.8, 4) is 5.75 Å². The van der Waals surface area contributed by atoms with E-state index in [4.69, 9.17) is 0 Å². The van der Waals surface area contributed by atoms with Gasteiger partial charge >= 0.3 is 0 Å². The number of phenolic OH excluding ortho intramolecular Hbond substituents is 1. The topological polar surface area (TPSA) is 44.6 Å². The van der Waals surface area contributed by atoms with Gasteiger partial charge in [0, 0.05) is 11.6 Å². The standard InChI is InChI=1S/C9H9FN2O/c10-6-1-2-7(9(13)3-6)8-4-11-5-12-8/h1-3,5,8,13H,4H2,(H,11,12). The van der Waals surface area contributed by atoms with Gasteiger partial charge in [0.25, 0.3) is 0 Å². The van der Waals surface area contributed by atoms with Crippen LogP contribution in [0.3, 0.4) is 0 Å². The van der Waals surface area contributed by atoms with Crippen molar-refractivity contribution in [2.24, 2.45) is 4.99 Å². The minimum atomic E-state index is -0.430. The van der Waals surface area contributed by atoms with Crippen LogP contribution in [0.25, 0.3) is 0 Å². The monoisotopic (exact) mass is 180 g/mol. The van der Waals surface area contributed by atoms with Crippen LogP contribution in [0.5, 0.6) is 5.75 Å². The van der Waals surface area contributed by atoms with Crippen LogP contribution in [0.4, 0.5) is 4.39 Å². The highest BCUT2D eigenvalue weighted by atomic mass is 19.1. The van der Waals surface area contributed by atoms with Crippen LogP contribution in [0.1, 0.15) is 11.6 Å². The van der Waals surface area contributed by atoms with Gasteiger partial charge in [-0.15, -0.1) is 0 Å². The van der Waals surface area contributed by atoms with Gasteiger partial charge in [0.2, 0.25) is 0 Å². The molecule has 0 amide bonds. The second-order valence-corrected chi connectivity index (χ2v) is 2.92. The highest BCUT2D eigenvalue weighted by Crippen LogP contribution is 2.25. The summed E-state index contributed by atoms with van der Waals surface area (Å²) in [6.45, 7) is 0.583. The second-order valence-electron chi connectivity index (χ2n) is 2.92. The fraction of sp³-hybridized carbons (Fsp3) is 0.222. The Labute approximate surface area is 74.9 Å². The maximum atomic E-state index is 12.6. The lowest BCUT2D eigenvalue weighted by molar-refractivity contribution is 0.454. The van der Waals surface area contributed by atoms with E-state index in [-0.39, 0.29) is 11.8 Å². The maximum absolute atomic E-state index is 12.6. The summed E-state index contributed by atoms with van der Waals surface area (Å²) in [6.07, 6.45) is 1.59. The van der Waals surface area contributed by atoms with E-state index in [0.29, 0.717) is 12.1 Å². The zero-order valence-corrected chi connectivity index (χ0v) is 6.87. The molecule has 1 atom stereocenters. The molecular weight excluding hydrogens is 171 g/mol. The van der Waals surface area contributed by atoms with E-state index < -0.39 is 5.82 Å². The molecule has 68 valence electrons. The summed E-state index contributed by atoms with van der Waals surface area (Å²) < 4.78 is 12.6. The van der Waals surface area contributed by atoms with Crippen LogP contribution in [-0.2, 0) is 0 Å². The molecule has 1 aliphatic heterocycles. The van der Waals surface area contributed by atoms with Gasteiger partial charge in [-0.3, -0.25) is 4.99 Å². The predicted molar refractivity (Wildman–Crippen MR) is 47.3 cm³/mol. The largest absolute Gasteiger partial charge is 0.507 e. The lowest BCUT2D eigenvalue weighted by Gasteiger charge is -2.11. The minimum Gasteiger partial charge on any atom is -0.507 e. The van der Waals surface area contributed by atoms with Gasteiger partial charge < -0.3 is 10.4 Å². The number of aromatic hydroxyl groups is 1. The second kappa shape index (κ2) is 3.05. The van der Waals surface area contributed by atoms with E-state index in [9.17, 15) is 9.50 Å². The van der Waals surface area contributed by atoms with E-state index in [1.807, 2.05) is 0 Å². The van der Waals surface area contributed by atoms with Crippen molar-refractivity contribution in [3.63, 3.8) is 0 Å². The summed E-state index contributed by atoms with van der Waals surface area (Å²) in [6, 6.07) is 3.97. The Morgan fingerprint density at radius 1 is 1.54 bits per heavy atom. The number of rotatable bonds is 1. The predicted octanol–water partition coefficient (Wildman–Crippen LogP) is 1.20. The number of hydrogen-bond donors (Lipinski definition) is 2. The van der Waals surface area contributed by atoms with Gasteiger partial charge in [-0.05, 0) is 6.07 Å². The van der Waals surface area contributed by atoms with Crippen LogP contribution in [0, 0.1) is 5.82 Å². The number of hydrogen-bond acceptors (Lipinski definition) is 3. The molecule has 0 saturated heterocycles. The van der Waals surface area contributed by atoms with E-state index in [1.165, 1.54) is 6.07 Å². The van der Waals surface area contributed by atoms with E-state index in [2.05, 4.69) is 10.3 Å². The first kappa shape index (κ1) is 8.04. The summed E-state index contributed by atoms with van der Waals surface area (Å²) in [4.78, 5) is 3.96. The molecule has 1 aromatic rings. The fourth-order valence-corrected chi connectivity index (χ4v) is 1.35. The summed E-state index contributed by atoms with van der Waals surface area (Å²) in [5, 5.41) is 12.4. The molecule has 0 spiro atoms. The van der Waals surface area contributed by atoms with Crippen LogP contribution < -0.4 is 5.32 Å². The van der Waals surface area contributed by atoms with Crippen molar-refractivity contribution in [1.82, 2.24) is 5.32 Å². The van der Waals surface area contributed by atoms with E-state index >= 15 is 0 Å². The zero-order chi connectivity index (χ0) is 9.26. The number of halogens is 1. The number of phenols is 1. The van der Waals surface area contributed by atoms with E-state index in [1.54, 1.807) is 12.4 Å². The van der Waals surface area contributed by atoms with Gasteiger partial charge in [0.1, 0.15) is 11.6 Å². The highest BCUT2D eigenvalue weighted by Gasteiger charge is 2.16. The quantitative estimate of drug-likeness (QED) is 0.682. The first-order valence-corrected chi connectivity index (χ1v) is 4.00. The average Bonchev–Trinajstić information content (AvgIpc) is 2.56. The summed E-state index contributed by atoms with van der Waals surface area (Å²) in [5.41, 5.74) is 0.680. The van der Waals surface area contributed by atoms with Crippen molar-refractivity contribution in [1.29, 1.82) is 0 Å². The van der Waals surface area contributed by atoms with Gasteiger partial charge in [-0.2, -0.15) is 0 Å². The van der Waals surface area contributed by atoms with Gasteiger partial charge in [-0.25, -0.2) is 4.39 Å². The Kier molecular flexibility index (Phi) is 1.88. The number of nitrogens with zero attached hydrogens (tertiary/aromatic N) is 1. The van der Waals surface area contributed by atoms with Crippen molar-refractivity contribution >= 4 is 6.34 Å². The molecule has 2 N–H and O–H groups in total. The Bertz CT molecular complexity index is 343. The normalized spacial score (nSPS) is 20.2. The van der Waals surface area contributed by atoms with Crippen LogP contribution in [0.15, 0.2) is 23.2 Å². The average molecular weight is 180 g/mol. The summed E-state index contributed by atoms with van der Waals surface area (Å²) in [7, 11) is 0. The van der Waals surface area contributed by atoms with Crippen molar-refractivity contribution in [3.05, 3.63) is 29.6 Å². The van der Waals surface area contributed by atoms with Crippen molar-refractivity contribution < 1.29 is 9.50 Å². The number of aliphatic imine (C=N–C) groups is 1. The molecule has 1 aromatic carbocycles. The van der Waals surface area contributed by atoms with Gasteiger partial charge in [-0.1, -0.05) is 6.07 Å². The molecule has 2 rings (SSSR count). The molecule has 1 heterocycles. The molecule has 1 unspecified atom stereocenters. The molecule has 3 nitrogen and oxygen atoms in total. The lowest BCUT2D eigenvalue weighted by atomic mass is 10.1. The Morgan fingerprint density at radius 2 is 2.38 bits per heavy atom. The SMILES string of the molecule is Oc1cc(F)ccc1C1CN=CN1. The highest BCUT2D eigenvalue weighted by molar-refractivity contribution is 5.59. The maximum Gasteiger partial charge on any atom is 0.126 e. The smallest absolute Gasteiger partial charge is 0.126 e. The fourth-order valence-electron chi connectivity index (χ4n) is 1.35. The molecule has 0 radical (unpaired) electrons. The third-order valence-electron chi connectivity index (χ3n) is 2.02. The Morgan fingerprint density at radius 3 is 3.00 bits per heavy atom. The lowest BCUT2D eigenvalue weighted by Crippen LogP contribution is -2.15. The summed E-state index contributed by atoms with van der Waals surface area (Å²) in [5.74, 6) is -0.455. The van der Waals surface area contributed by atoms with Crippen molar-refractivity contribution in [2.45, 2.75) is 6.04 Å². The van der Waals surface area contributed by atoms with Crippen LogP contribution in [0.2, 0.25) is 0 Å². The Hall–Kier alpha value is -1.58. The van der Waals surface area contributed by atoms with E-state index in [0.717, 1.165) is 6.07 Å². The molecule has 0 saturated carbocycles. The molecular formula is C9H9FN2O. The minimum absolute atomic E-state index is 0.0250. The number of nitrogens with one attached hydrogen (secondary N) is 1. The molecule has 1 aliphatic rings. The molecule has 4 heteroatoms. The molecule has 0 fully saturated rings. The first-order chi connectivity index (χ1) is 6.27. The summed E-state index contributed by atoms with van der Waals surface area (Å²) >= 11 is 0. The van der Waals surface area contributed by atoms with Crippen LogP contribution >= 0.6 is 0 Å². The Balaban J connectivity index is 2.30. The van der Waals surface area contributed by atoms with Gasteiger partial charge in [0.15, 0.2) is 0 Å². The molecule has 0 bridgehead atoms. The van der Waals surface area contributed by atoms with Crippen molar-refractivity contribution in [2.75, 3.05) is 6.54 Å².